The highest BCUT2D eigenvalue weighted by Crippen LogP contribution is 2.21. The fourth-order valence-electron chi connectivity index (χ4n) is 1.44. The van der Waals surface area contributed by atoms with Crippen LogP contribution in [0.3, 0.4) is 0 Å². The van der Waals surface area contributed by atoms with Gasteiger partial charge in [-0.05, 0) is 22.9 Å². The van der Waals surface area contributed by atoms with Gasteiger partial charge >= 0.3 is 0 Å². The van der Waals surface area contributed by atoms with Gasteiger partial charge in [0, 0.05) is 7.05 Å². The maximum Gasteiger partial charge on any atom is 0.202 e. The van der Waals surface area contributed by atoms with Crippen molar-refractivity contribution in [3.8, 4) is 5.75 Å². The maximum atomic E-state index is 11.7. The van der Waals surface area contributed by atoms with E-state index in [1.54, 1.807) is 6.07 Å². The van der Waals surface area contributed by atoms with Gasteiger partial charge in [-0.25, -0.2) is 8.57 Å². The number of rotatable bonds is 2. The van der Waals surface area contributed by atoms with Crippen LogP contribution in [0.5, 0.6) is 5.75 Å². The molecule has 0 amide bonds. The minimum absolute atomic E-state index is 0.580. The molecule has 0 aliphatic carbocycles. The molecule has 2 aromatic rings. The number of fused-ring (bicyclic) bond motifs is 1. The Balaban J connectivity index is 2.44. The summed E-state index contributed by atoms with van der Waals surface area (Å²) in [5.74, 6) is 0.580. The maximum absolute atomic E-state index is 11.7. The quantitative estimate of drug-likeness (QED) is 0.802. The first-order valence-electron chi connectivity index (χ1n) is 4.89. The first-order chi connectivity index (χ1) is 7.61. The van der Waals surface area contributed by atoms with E-state index in [1.165, 1.54) is 13.3 Å². The summed E-state index contributed by atoms with van der Waals surface area (Å²) < 4.78 is 20.7. The Kier molecular flexibility index (Phi) is 2.83. The molecule has 2 aromatic carbocycles. The third-order valence-electron chi connectivity index (χ3n) is 2.30. The summed E-state index contributed by atoms with van der Waals surface area (Å²) in [6.07, 6.45) is 1.47. The molecule has 0 bridgehead atoms. The Bertz CT molecular complexity index is 628. The van der Waals surface area contributed by atoms with Gasteiger partial charge in [-0.3, -0.25) is 0 Å². The van der Waals surface area contributed by atoms with Crippen LogP contribution in [0.25, 0.3) is 10.8 Å². The van der Waals surface area contributed by atoms with Gasteiger partial charge in [0.25, 0.3) is 0 Å². The Labute approximate surface area is 95.4 Å². The van der Waals surface area contributed by atoms with Gasteiger partial charge in [0.2, 0.25) is 10.0 Å². The highest BCUT2D eigenvalue weighted by Gasteiger charge is 2.02. The molecule has 0 fully saturated rings. The van der Waals surface area contributed by atoms with E-state index in [4.69, 9.17) is 4.18 Å². The van der Waals surface area contributed by atoms with Gasteiger partial charge in [0.1, 0.15) is 5.75 Å². The van der Waals surface area contributed by atoms with Crippen molar-refractivity contribution in [2.45, 2.75) is 0 Å². The molecule has 1 unspecified atom stereocenters. The van der Waals surface area contributed by atoms with Gasteiger partial charge in [0.05, 0.1) is 6.26 Å². The zero-order valence-corrected chi connectivity index (χ0v) is 10.0. The second-order valence-electron chi connectivity index (χ2n) is 3.51. The van der Waals surface area contributed by atoms with Crippen LogP contribution in [0.15, 0.2) is 46.8 Å². The van der Waals surface area contributed by atoms with Gasteiger partial charge in [-0.1, -0.05) is 30.3 Å². The minimum Gasteiger partial charge on any atom is -0.396 e. The predicted molar refractivity (Wildman–Crippen MR) is 67.0 cm³/mol. The standard InChI is InChI=1S/C12H13NO2S/c1-13-16(2,14)15-12-8-7-10-5-3-4-6-11(10)9-12/h3-9H,1-2H3. The molecule has 0 aromatic heterocycles. The Morgan fingerprint density at radius 2 is 1.81 bits per heavy atom. The summed E-state index contributed by atoms with van der Waals surface area (Å²) in [4.78, 5) is 0. The van der Waals surface area contributed by atoms with Crippen LogP contribution < -0.4 is 4.18 Å². The molecule has 0 spiro atoms. The average molecular weight is 235 g/mol. The van der Waals surface area contributed by atoms with Crippen LogP contribution in [0.1, 0.15) is 0 Å². The van der Waals surface area contributed by atoms with E-state index in [1.807, 2.05) is 36.4 Å². The van der Waals surface area contributed by atoms with Crippen LogP contribution >= 0.6 is 0 Å². The highest BCUT2D eigenvalue weighted by molar-refractivity contribution is 7.88. The van der Waals surface area contributed by atoms with E-state index < -0.39 is 10.0 Å². The smallest absolute Gasteiger partial charge is 0.202 e. The fraction of sp³-hybridized carbons (Fsp3) is 0.167. The summed E-state index contributed by atoms with van der Waals surface area (Å²) >= 11 is 0. The zero-order valence-electron chi connectivity index (χ0n) is 9.21. The summed E-state index contributed by atoms with van der Waals surface area (Å²) in [6, 6.07) is 13.6. The topological polar surface area (TPSA) is 38.7 Å². The summed E-state index contributed by atoms with van der Waals surface area (Å²) in [6.45, 7) is 0. The van der Waals surface area contributed by atoms with Crippen molar-refractivity contribution in [1.82, 2.24) is 0 Å². The Hall–Kier alpha value is -1.55. The molecular weight excluding hydrogens is 222 g/mol. The van der Waals surface area contributed by atoms with Crippen molar-refractivity contribution in [2.24, 2.45) is 4.36 Å². The SMILES string of the molecule is CN=S(C)(=O)Oc1ccc2ccccc2c1. The van der Waals surface area contributed by atoms with E-state index in [2.05, 4.69) is 4.36 Å². The van der Waals surface area contributed by atoms with Gasteiger partial charge in [0.15, 0.2) is 0 Å². The molecule has 84 valence electrons. The molecule has 0 N–H and O–H groups in total. The second kappa shape index (κ2) is 4.14. The molecule has 0 heterocycles. The molecular formula is C12H13NO2S. The third-order valence-corrected chi connectivity index (χ3v) is 3.47. The van der Waals surface area contributed by atoms with Crippen molar-refractivity contribution in [3.63, 3.8) is 0 Å². The molecule has 0 saturated carbocycles. The average Bonchev–Trinajstić information content (AvgIpc) is 2.28. The number of hydrogen-bond acceptors (Lipinski definition) is 3. The van der Waals surface area contributed by atoms with E-state index in [-0.39, 0.29) is 0 Å². The number of hydrogen-bond donors (Lipinski definition) is 0. The van der Waals surface area contributed by atoms with Gasteiger partial charge in [-0.2, -0.15) is 0 Å². The molecule has 0 aliphatic heterocycles. The molecule has 4 heteroatoms. The molecule has 2 rings (SSSR count). The van der Waals surface area contributed by atoms with E-state index in [0.29, 0.717) is 5.75 Å². The lowest BCUT2D eigenvalue weighted by Crippen LogP contribution is -2.05. The van der Waals surface area contributed by atoms with E-state index in [9.17, 15) is 4.21 Å². The van der Waals surface area contributed by atoms with Crippen LogP contribution in [0.2, 0.25) is 0 Å². The normalized spacial score (nSPS) is 14.4. The predicted octanol–water partition coefficient (Wildman–Crippen LogP) is 2.86. The summed E-state index contributed by atoms with van der Waals surface area (Å²) in [5, 5.41) is 2.19. The lowest BCUT2D eigenvalue weighted by Gasteiger charge is -2.07. The summed E-state index contributed by atoms with van der Waals surface area (Å²) in [7, 11) is -1.08. The number of benzene rings is 2. The zero-order chi connectivity index (χ0) is 11.6. The van der Waals surface area contributed by atoms with Crippen LogP contribution in [-0.4, -0.2) is 17.5 Å². The van der Waals surface area contributed by atoms with Crippen molar-refractivity contribution < 1.29 is 8.39 Å². The third kappa shape index (κ3) is 2.33. The molecule has 16 heavy (non-hydrogen) atoms. The van der Waals surface area contributed by atoms with Crippen molar-refractivity contribution >= 4 is 20.8 Å². The first-order valence-corrected chi connectivity index (χ1v) is 6.74. The van der Waals surface area contributed by atoms with Crippen LogP contribution in [0.4, 0.5) is 0 Å². The van der Waals surface area contributed by atoms with Crippen molar-refractivity contribution in [1.29, 1.82) is 0 Å². The summed E-state index contributed by atoms with van der Waals surface area (Å²) in [5.41, 5.74) is 0. The lowest BCUT2D eigenvalue weighted by molar-refractivity contribution is 0.556. The largest absolute Gasteiger partial charge is 0.396 e. The number of nitrogens with zero attached hydrogens (tertiary/aromatic N) is 1. The van der Waals surface area contributed by atoms with Crippen molar-refractivity contribution in [3.05, 3.63) is 42.5 Å². The second-order valence-corrected chi connectivity index (χ2v) is 5.51. The van der Waals surface area contributed by atoms with E-state index in [0.717, 1.165) is 10.8 Å². The van der Waals surface area contributed by atoms with E-state index >= 15 is 0 Å². The fourth-order valence-corrected chi connectivity index (χ4v) is 1.97. The minimum atomic E-state index is -2.57. The molecule has 0 aliphatic rings. The molecule has 0 saturated heterocycles. The highest BCUT2D eigenvalue weighted by atomic mass is 32.2. The Morgan fingerprint density at radius 3 is 2.50 bits per heavy atom. The van der Waals surface area contributed by atoms with Crippen LogP contribution in [0, 0.1) is 0 Å². The first kappa shape index (κ1) is 11.0. The lowest BCUT2D eigenvalue weighted by atomic mass is 10.1. The molecule has 1 atom stereocenters. The molecule has 3 nitrogen and oxygen atoms in total. The van der Waals surface area contributed by atoms with Gasteiger partial charge < -0.3 is 4.18 Å². The van der Waals surface area contributed by atoms with Crippen LogP contribution in [-0.2, 0) is 10.0 Å². The monoisotopic (exact) mass is 235 g/mol. The van der Waals surface area contributed by atoms with Gasteiger partial charge in [-0.15, -0.1) is 0 Å². The molecule has 0 radical (unpaired) electrons. The Morgan fingerprint density at radius 1 is 1.12 bits per heavy atom. The van der Waals surface area contributed by atoms with Crippen molar-refractivity contribution in [2.75, 3.05) is 13.3 Å².